The normalized spacial score (nSPS) is 14.8. The summed E-state index contributed by atoms with van der Waals surface area (Å²) in [6.45, 7) is 0.698. The number of aliphatic imine (C=N–C) groups is 1. The van der Waals surface area contributed by atoms with Gasteiger partial charge in [-0.3, -0.25) is 9.79 Å². The topological polar surface area (TPSA) is 41.5 Å². The van der Waals surface area contributed by atoms with Gasteiger partial charge in [0.15, 0.2) is 5.17 Å². The first kappa shape index (κ1) is 11.6. The molecule has 16 heavy (non-hydrogen) atoms. The van der Waals surface area contributed by atoms with E-state index >= 15 is 0 Å². The first-order valence-corrected chi connectivity index (χ1v) is 6.38. The molecule has 1 amide bonds. The van der Waals surface area contributed by atoms with E-state index in [1.165, 1.54) is 23.9 Å². The van der Waals surface area contributed by atoms with Crippen LogP contribution in [0.3, 0.4) is 0 Å². The van der Waals surface area contributed by atoms with Crippen LogP contribution < -0.4 is 5.32 Å². The average Bonchev–Trinajstić information content (AvgIpc) is 2.70. The zero-order chi connectivity index (χ0) is 11.5. The third kappa shape index (κ3) is 2.62. The van der Waals surface area contributed by atoms with Crippen molar-refractivity contribution in [1.29, 1.82) is 0 Å². The fraction of sp³-hybridized carbons (Fsp3) is 0.200. The number of nitrogens with zero attached hydrogens (tertiary/aromatic N) is 1. The lowest BCUT2D eigenvalue weighted by Gasteiger charge is -2.05. The van der Waals surface area contributed by atoms with Crippen molar-refractivity contribution in [3.63, 3.8) is 0 Å². The smallest absolute Gasteiger partial charge is 0.260 e. The number of carbonyl (C=O) groups excluding carboxylic acids is 1. The molecule has 0 bridgehead atoms. The predicted octanol–water partition coefficient (Wildman–Crippen LogP) is 2.42. The van der Waals surface area contributed by atoms with Crippen LogP contribution in [-0.2, 0) is 0 Å². The number of hydrogen-bond donors (Lipinski definition) is 1. The number of thioether (sulfide) groups is 1. The van der Waals surface area contributed by atoms with E-state index in [-0.39, 0.29) is 5.56 Å². The molecule has 0 radical (unpaired) electrons. The van der Waals surface area contributed by atoms with Crippen molar-refractivity contribution >= 4 is 38.8 Å². The van der Waals surface area contributed by atoms with E-state index in [0.29, 0.717) is 16.2 Å². The van der Waals surface area contributed by atoms with Crippen LogP contribution in [0.15, 0.2) is 27.7 Å². The molecule has 1 aromatic carbocycles. The Labute approximate surface area is 105 Å². The third-order valence-corrected chi connectivity index (χ3v) is 3.37. The van der Waals surface area contributed by atoms with Gasteiger partial charge in [-0.2, -0.15) is 0 Å². The Morgan fingerprint density at radius 1 is 1.56 bits per heavy atom. The number of hydrogen-bond acceptors (Lipinski definition) is 3. The van der Waals surface area contributed by atoms with Crippen LogP contribution in [-0.4, -0.2) is 23.4 Å². The second kappa shape index (κ2) is 4.97. The number of halogens is 2. The minimum absolute atomic E-state index is 0.0263. The third-order valence-electron chi connectivity index (χ3n) is 1.98. The van der Waals surface area contributed by atoms with E-state index in [0.717, 1.165) is 5.75 Å². The van der Waals surface area contributed by atoms with Gasteiger partial charge in [-0.15, -0.1) is 0 Å². The molecule has 0 saturated carbocycles. The van der Waals surface area contributed by atoms with Crippen molar-refractivity contribution in [3.8, 4) is 0 Å². The van der Waals surface area contributed by atoms with Gasteiger partial charge in [0.05, 0.1) is 12.1 Å². The maximum atomic E-state index is 13.4. The van der Waals surface area contributed by atoms with Crippen molar-refractivity contribution < 1.29 is 9.18 Å². The van der Waals surface area contributed by atoms with Gasteiger partial charge in [0.25, 0.3) is 5.91 Å². The van der Waals surface area contributed by atoms with Gasteiger partial charge in [0.2, 0.25) is 0 Å². The minimum Gasteiger partial charge on any atom is -0.301 e. The molecule has 84 valence electrons. The number of amides is 1. The highest BCUT2D eigenvalue weighted by molar-refractivity contribution is 9.10. The molecule has 6 heteroatoms. The van der Waals surface area contributed by atoms with Crippen LogP contribution in [0.25, 0.3) is 0 Å². The second-order valence-electron chi connectivity index (χ2n) is 3.11. The molecule has 0 unspecified atom stereocenters. The molecule has 2 rings (SSSR count). The maximum Gasteiger partial charge on any atom is 0.260 e. The number of amidine groups is 1. The molecular weight excluding hydrogens is 295 g/mol. The highest BCUT2D eigenvalue weighted by Gasteiger charge is 2.15. The second-order valence-corrected chi connectivity index (χ2v) is 5.11. The summed E-state index contributed by atoms with van der Waals surface area (Å²) < 4.78 is 14.0. The summed E-state index contributed by atoms with van der Waals surface area (Å²) in [5.41, 5.74) is 0.0263. The summed E-state index contributed by atoms with van der Waals surface area (Å²) in [7, 11) is 0. The fourth-order valence-electron chi connectivity index (χ4n) is 1.25. The van der Waals surface area contributed by atoms with Crippen LogP contribution in [0.5, 0.6) is 0 Å². The van der Waals surface area contributed by atoms with Crippen molar-refractivity contribution in [2.45, 2.75) is 0 Å². The molecule has 1 aliphatic rings. The first-order chi connectivity index (χ1) is 7.66. The van der Waals surface area contributed by atoms with Gasteiger partial charge in [0, 0.05) is 10.2 Å². The SMILES string of the molecule is O=C(NC1=NCCS1)c1ccc(Br)cc1F. The maximum absolute atomic E-state index is 13.4. The molecular formula is C10H8BrFN2OS. The number of nitrogens with one attached hydrogen (secondary N) is 1. The van der Waals surface area contributed by atoms with Gasteiger partial charge in [-0.25, -0.2) is 4.39 Å². The Morgan fingerprint density at radius 2 is 2.38 bits per heavy atom. The van der Waals surface area contributed by atoms with Gasteiger partial charge < -0.3 is 5.32 Å². The molecule has 0 spiro atoms. The van der Waals surface area contributed by atoms with Gasteiger partial charge >= 0.3 is 0 Å². The van der Waals surface area contributed by atoms with Gasteiger partial charge in [-0.1, -0.05) is 27.7 Å². The Morgan fingerprint density at radius 3 is 3.00 bits per heavy atom. The Hall–Kier alpha value is -0.880. The Bertz CT molecular complexity index is 464. The highest BCUT2D eigenvalue weighted by atomic mass is 79.9. The molecule has 1 aromatic rings. The predicted molar refractivity (Wildman–Crippen MR) is 66.3 cm³/mol. The number of benzene rings is 1. The monoisotopic (exact) mass is 302 g/mol. The van der Waals surface area contributed by atoms with Gasteiger partial charge in [-0.05, 0) is 18.2 Å². The molecule has 3 nitrogen and oxygen atoms in total. The number of rotatable bonds is 1. The molecule has 0 fully saturated rings. The summed E-state index contributed by atoms with van der Waals surface area (Å²) in [6, 6.07) is 4.33. The molecule has 0 aliphatic carbocycles. The molecule has 1 N–H and O–H groups in total. The average molecular weight is 303 g/mol. The van der Waals surface area contributed by atoms with E-state index < -0.39 is 11.7 Å². The number of carbonyl (C=O) groups is 1. The highest BCUT2D eigenvalue weighted by Crippen LogP contribution is 2.16. The lowest BCUT2D eigenvalue weighted by Crippen LogP contribution is -2.28. The molecule has 1 heterocycles. The molecule has 0 atom stereocenters. The molecule has 0 saturated heterocycles. The van der Waals surface area contributed by atoms with Gasteiger partial charge in [0.1, 0.15) is 5.82 Å². The summed E-state index contributed by atoms with van der Waals surface area (Å²) in [5.74, 6) is -0.146. The van der Waals surface area contributed by atoms with Crippen molar-refractivity contribution in [1.82, 2.24) is 5.32 Å². The van der Waals surface area contributed by atoms with E-state index in [4.69, 9.17) is 0 Å². The van der Waals surface area contributed by atoms with Crippen molar-refractivity contribution in [3.05, 3.63) is 34.1 Å². The van der Waals surface area contributed by atoms with E-state index in [2.05, 4.69) is 26.2 Å². The lowest BCUT2D eigenvalue weighted by molar-refractivity contribution is 0.0974. The summed E-state index contributed by atoms with van der Waals surface area (Å²) in [6.07, 6.45) is 0. The fourth-order valence-corrected chi connectivity index (χ4v) is 2.31. The summed E-state index contributed by atoms with van der Waals surface area (Å²) in [5, 5.41) is 3.14. The van der Waals surface area contributed by atoms with Crippen LogP contribution in [0.4, 0.5) is 4.39 Å². The Balaban J connectivity index is 2.14. The van der Waals surface area contributed by atoms with Crippen LogP contribution in [0.2, 0.25) is 0 Å². The van der Waals surface area contributed by atoms with Crippen molar-refractivity contribution in [2.24, 2.45) is 4.99 Å². The lowest BCUT2D eigenvalue weighted by atomic mass is 10.2. The quantitative estimate of drug-likeness (QED) is 0.865. The minimum atomic E-state index is -0.546. The standard InChI is InChI=1S/C10H8BrFN2OS/c11-6-1-2-7(8(12)5-6)9(15)14-10-13-3-4-16-10/h1-2,5H,3-4H2,(H,13,14,15). The van der Waals surface area contributed by atoms with E-state index in [1.54, 1.807) is 6.07 Å². The summed E-state index contributed by atoms with van der Waals surface area (Å²) >= 11 is 4.59. The first-order valence-electron chi connectivity index (χ1n) is 4.60. The zero-order valence-corrected chi connectivity index (χ0v) is 10.6. The van der Waals surface area contributed by atoms with Crippen LogP contribution >= 0.6 is 27.7 Å². The summed E-state index contributed by atoms with van der Waals surface area (Å²) in [4.78, 5) is 15.7. The van der Waals surface area contributed by atoms with Crippen molar-refractivity contribution in [2.75, 3.05) is 12.3 Å². The molecule has 0 aromatic heterocycles. The molecule has 1 aliphatic heterocycles. The largest absolute Gasteiger partial charge is 0.301 e. The van der Waals surface area contributed by atoms with E-state index in [1.807, 2.05) is 0 Å². The van der Waals surface area contributed by atoms with Crippen LogP contribution in [0.1, 0.15) is 10.4 Å². The Kier molecular flexibility index (Phi) is 3.60. The zero-order valence-electron chi connectivity index (χ0n) is 8.17. The van der Waals surface area contributed by atoms with E-state index in [9.17, 15) is 9.18 Å². The van der Waals surface area contributed by atoms with Crippen LogP contribution in [0, 0.1) is 5.82 Å².